The van der Waals surface area contributed by atoms with Crippen molar-refractivity contribution in [1.29, 1.82) is 0 Å². The summed E-state index contributed by atoms with van der Waals surface area (Å²) < 4.78 is 5.41. The van der Waals surface area contributed by atoms with Crippen molar-refractivity contribution < 1.29 is 25.0 Å². The molecule has 0 spiro atoms. The molecule has 3 saturated carbocycles. The van der Waals surface area contributed by atoms with Crippen LogP contribution in [0, 0.1) is 11.3 Å². The van der Waals surface area contributed by atoms with Gasteiger partial charge in [0.25, 0.3) is 0 Å². The van der Waals surface area contributed by atoms with Gasteiger partial charge in [-0.15, -0.1) is 12.4 Å². The van der Waals surface area contributed by atoms with Gasteiger partial charge in [0, 0.05) is 0 Å². The topological polar surface area (TPSA) is 116 Å². The van der Waals surface area contributed by atoms with E-state index >= 15 is 0 Å². The van der Waals surface area contributed by atoms with Crippen molar-refractivity contribution in [1.82, 2.24) is 0 Å². The van der Waals surface area contributed by atoms with E-state index in [0.717, 1.165) is 24.8 Å². The number of aliphatic hydroxyl groups is 2. The molecule has 160 valence electrons. The Labute approximate surface area is 174 Å². The summed E-state index contributed by atoms with van der Waals surface area (Å²) in [5.41, 5.74) is 4.74. The molecule has 0 heterocycles. The van der Waals surface area contributed by atoms with Gasteiger partial charge in [-0.05, 0) is 50.0 Å². The number of rotatable bonds is 5. The first kappa shape index (κ1) is 25.4. The number of benzene rings is 1. The van der Waals surface area contributed by atoms with Crippen molar-refractivity contribution in [2.75, 3.05) is 0 Å². The van der Waals surface area contributed by atoms with Crippen molar-refractivity contribution in [3.63, 3.8) is 0 Å². The second-order valence-corrected chi connectivity index (χ2v) is 8.79. The predicted molar refractivity (Wildman–Crippen MR) is 113 cm³/mol. The number of ether oxygens (including phenoxy) is 1. The first-order valence-electron chi connectivity index (χ1n) is 9.64. The summed E-state index contributed by atoms with van der Waals surface area (Å²) >= 11 is 0. The molecule has 5 unspecified atom stereocenters. The van der Waals surface area contributed by atoms with Gasteiger partial charge in [0.2, 0.25) is 0 Å². The Balaban J connectivity index is 0.000000275. The van der Waals surface area contributed by atoms with Crippen LogP contribution in [0.1, 0.15) is 52.5 Å². The van der Waals surface area contributed by atoms with Gasteiger partial charge in [0.05, 0.1) is 29.9 Å². The molecule has 1 aromatic carbocycles. The molecule has 0 aliphatic heterocycles. The summed E-state index contributed by atoms with van der Waals surface area (Å²) in [6, 6.07) is 9.64. The van der Waals surface area contributed by atoms with Gasteiger partial charge in [-0.3, -0.25) is 0 Å². The molecule has 6 N–H and O–H groups in total. The first-order chi connectivity index (χ1) is 12.4. The number of fused-ring (bicyclic) bond motifs is 2. The summed E-state index contributed by atoms with van der Waals surface area (Å²) in [4.78, 5) is 0. The zero-order valence-electron chi connectivity index (χ0n) is 17.2. The highest BCUT2D eigenvalue weighted by atomic mass is 35.5. The maximum Gasteiger partial charge on any atom is 0.472 e. The lowest BCUT2D eigenvalue weighted by atomic mass is 9.41. The maximum absolute atomic E-state index is 10.2. The largest absolute Gasteiger partial charge is 0.472 e. The number of hydrogen-bond acceptors (Lipinski definition) is 6. The molecule has 0 radical (unpaired) electrons. The van der Waals surface area contributed by atoms with Gasteiger partial charge in [-0.1, -0.05) is 44.2 Å². The number of nitrogens with two attached hydrogens (primary N) is 1. The van der Waals surface area contributed by atoms with Gasteiger partial charge in [-0.2, -0.15) is 0 Å². The molecule has 5 atom stereocenters. The van der Waals surface area contributed by atoms with Crippen molar-refractivity contribution in [2.45, 2.75) is 76.8 Å². The lowest BCUT2D eigenvalue weighted by Gasteiger charge is -2.68. The van der Waals surface area contributed by atoms with E-state index in [-0.39, 0.29) is 17.8 Å². The summed E-state index contributed by atoms with van der Waals surface area (Å²) in [6.07, 6.45) is 2.19. The molecule has 2 bridgehead atoms. The van der Waals surface area contributed by atoms with Crippen LogP contribution in [0.3, 0.4) is 0 Å². The highest BCUT2D eigenvalue weighted by Crippen LogP contribution is 2.65. The lowest BCUT2D eigenvalue weighted by Crippen LogP contribution is -2.74. The lowest BCUT2D eigenvalue weighted by molar-refractivity contribution is -0.312. The third kappa shape index (κ3) is 4.90. The van der Waals surface area contributed by atoms with E-state index in [2.05, 4.69) is 13.8 Å². The van der Waals surface area contributed by atoms with E-state index in [4.69, 9.17) is 20.5 Å². The monoisotopic (exact) mass is 415 g/mol. The zero-order chi connectivity index (χ0) is 20.5. The zero-order valence-corrected chi connectivity index (χ0v) is 18.0. The summed E-state index contributed by atoms with van der Waals surface area (Å²) in [7, 11) is -1.55. The van der Waals surface area contributed by atoms with Crippen LogP contribution in [0.5, 0.6) is 0 Å². The Morgan fingerprint density at radius 2 is 1.75 bits per heavy atom. The molecule has 3 aliphatic rings. The van der Waals surface area contributed by atoms with E-state index in [9.17, 15) is 10.2 Å². The van der Waals surface area contributed by atoms with Crippen LogP contribution in [0.2, 0.25) is 0 Å². The minimum Gasteiger partial charge on any atom is -0.426 e. The maximum atomic E-state index is 10.2. The Kier molecular flexibility index (Phi) is 8.55. The summed E-state index contributed by atoms with van der Waals surface area (Å²) in [5, 5.41) is 37.9. The van der Waals surface area contributed by atoms with Crippen molar-refractivity contribution in [3.05, 3.63) is 35.9 Å². The van der Waals surface area contributed by atoms with E-state index < -0.39 is 30.4 Å². The number of hydrogen-bond donors (Lipinski definition) is 5. The standard InChI is InChI=1S/C10H16BNO3.C10H18O2.ClH/c1-8(10(12)11(13)14)15-7-9-5-3-2-4-6-9;1-8(2)7-4-5-9(3,11)10(8,12)6-7;/h2-6,8,10,13-14H,7,12H2,1H3;7,11-12H,4-6H2,1-3H3;1H. The fraction of sp³-hybridized carbons (Fsp3) is 0.700. The molecule has 8 heteroatoms. The van der Waals surface area contributed by atoms with Crippen LogP contribution in [0.15, 0.2) is 30.3 Å². The SMILES string of the molecule is CC(OCc1ccccc1)C(N)B(O)O.CC1(O)CCC2CC1(O)C2(C)C.Cl. The second-order valence-electron chi connectivity index (χ2n) is 8.79. The Hall–Kier alpha value is -0.665. The summed E-state index contributed by atoms with van der Waals surface area (Å²) in [5.74, 6) is -0.170. The molecular weight excluding hydrogens is 380 g/mol. The molecule has 3 fully saturated rings. The van der Waals surface area contributed by atoms with Gasteiger partial charge in [0.15, 0.2) is 0 Å². The average Bonchev–Trinajstić information content (AvgIpc) is 2.62. The molecule has 3 aliphatic carbocycles. The van der Waals surface area contributed by atoms with Crippen LogP contribution >= 0.6 is 12.4 Å². The molecular formula is C20H35BClNO5. The smallest absolute Gasteiger partial charge is 0.426 e. The fourth-order valence-electron chi connectivity index (χ4n) is 4.28. The molecule has 0 aromatic heterocycles. The highest BCUT2D eigenvalue weighted by Gasteiger charge is 2.69. The minimum absolute atomic E-state index is 0. The van der Waals surface area contributed by atoms with Crippen molar-refractivity contribution in [2.24, 2.45) is 17.1 Å². The molecule has 4 rings (SSSR count). The third-order valence-corrected chi connectivity index (χ3v) is 6.74. The molecule has 1 aromatic rings. The quantitative estimate of drug-likeness (QED) is 0.467. The normalized spacial score (nSPS) is 32.0. The summed E-state index contributed by atoms with van der Waals surface area (Å²) in [6.45, 7) is 8.03. The van der Waals surface area contributed by atoms with Crippen molar-refractivity contribution >= 4 is 19.5 Å². The molecule has 0 amide bonds. The third-order valence-electron chi connectivity index (χ3n) is 6.74. The Morgan fingerprint density at radius 1 is 1.18 bits per heavy atom. The van der Waals surface area contributed by atoms with Crippen molar-refractivity contribution in [3.8, 4) is 0 Å². The Morgan fingerprint density at radius 3 is 2.18 bits per heavy atom. The second kappa shape index (κ2) is 9.43. The van der Waals surface area contributed by atoms with Gasteiger partial charge in [-0.25, -0.2) is 0 Å². The van der Waals surface area contributed by atoms with Crippen LogP contribution in [0.25, 0.3) is 0 Å². The number of halogens is 1. The van der Waals surface area contributed by atoms with E-state index in [1.807, 2.05) is 30.3 Å². The van der Waals surface area contributed by atoms with Gasteiger partial charge < -0.3 is 30.7 Å². The van der Waals surface area contributed by atoms with Crippen LogP contribution in [-0.2, 0) is 11.3 Å². The first-order valence-corrected chi connectivity index (χ1v) is 9.64. The Bertz CT molecular complexity index is 606. The van der Waals surface area contributed by atoms with Gasteiger partial charge >= 0.3 is 7.12 Å². The molecule has 28 heavy (non-hydrogen) atoms. The minimum atomic E-state index is -1.55. The molecule has 0 saturated heterocycles. The van der Waals surface area contributed by atoms with E-state index in [1.165, 1.54) is 0 Å². The van der Waals surface area contributed by atoms with E-state index in [1.54, 1.807) is 13.8 Å². The van der Waals surface area contributed by atoms with Crippen LogP contribution in [-0.4, -0.2) is 50.6 Å². The molecule has 6 nitrogen and oxygen atoms in total. The highest BCUT2D eigenvalue weighted by molar-refractivity contribution is 6.43. The van der Waals surface area contributed by atoms with E-state index in [0.29, 0.717) is 12.5 Å². The van der Waals surface area contributed by atoms with Gasteiger partial charge in [0.1, 0.15) is 0 Å². The van der Waals surface area contributed by atoms with Crippen LogP contribution in [0.4, 0.5) is 0 Å². The van der Waals surface area contributed by atoms with Crippen LogP contribution < -0.4 is 5.73 Å². The average molecular weight is 416 g/mol. The predicted octanol–water partition coefficient (Wildman–Crippen LogP) is 1.66. The fourth-order valence-corrected chi connectivity index (χ4v) is 4.28.